The maximum Gasteiger partial charge on any atom is 0.319 e. The number of carbonyl (C=O) groups excluding carboxylic acids is 2. The van der Waals surface area contributed by atoms with Crippen LogP contribution in [0.4, 0.5) is 15.3 Å². The van der Waals surface area contributed by atoms with Gasteiger partial charge in [-0.3, -0.25) is 0 Å². The molecule has 1 aliphatic carbocycles. The smallest absolute Gasteiger partial charge is 0.319 e. The molecule has 2 aromatic rings. The third kappa shape index (κ3) is 5.98. The van der Waals surface area contributed by atoms with Gasteiger partial charge in [0.25, 0.3) is 0 Å². The number of anilines is 1. The number of nitrogens with zero attached hydrogens (tertiary/aromatic N) is 2. The van der Waals surface area contributed by atoms with Gasteiger partial charge < -0.3 is 20.9 Å². The first-order valence-corrected chi connectivity index (χ1v) is 9.63. The van der Waals surface area contributed by atoms with Crippen LogP contribution in [-0.2, 0) is 6.54 Å². The van der Waals surface area contributed by atoms with Gasteiger partial charge in [-0.05, 0) is 55.2 Å². The van der Waals surface area contributed by atoms with Crippen LogP contribution in [0.15, 0.2) is 48.5 Å². The third-order valence-corrected chi connectivity index (χ3v) is 4.77. The summed E-state index contributed by atoms with van der Waals surface area (Å²) in [5, 5.41) is 17.5. The van der Waals surface area contributed by atoms with Crippen molar-refractivity contribution in [3.8, 4) is 6.07 Å². The van der Waals surface area contributed by atoms with Crippen molar-refractivity contribution in [2.45, 2.75) is 38.4 Å². The van der Waals surface area contributed by atoms with Crippen molar-refractivity contribution in [3.63, 3.8) is 0 Å². The molecule has 3 N–H and O–H groups in total. The molecule has 0 bridgehead atoms. The van der Waals surface area contributed by atoms with Crippen molar-refractivity contribution in [1.29, 1.82) is 5.26 Å². The molecule has 4 amide bonds. The molecular formula is C22H25N5O2. The first kappa shape index (κ1) is 20.2. The molecule has 2 aromatic carbocycles. The van der Waals surface area contributed by atoms with Crippen molar-refractivity contribution in [1.82, 2.24) is 15.5 Å². The fourth-order valence-electron chi connectivity index (χ4n) is 2.84. The fraction of sp³-hybridized carbons (Fsp3) is 0.318. The lowest BCUT2D eigenvalue weighted by atomic mass is 10.1. The van der Waals surface area contributed by atoms with Crippen LogP contribution in [0.5, 0.6) is 0 Å². The zero-order valence-corrected chi connectivity index (χ0v) is 16.6. The molecular weight excluding hydrogens is 366 g/mol. The molecule has 3 rings (SSSR count). The van der Waals surface area contributed by atoms with Crippen LogP contribution in [0, 0.1) is 11.3 Å². The Labute approximate surface area is 170 Å². The van der Waals surface area contributed by atoms with Crippen LogP contribution in [0.1, 0.15) is 42.5 Å². The predicted molar refractivity (Wildman–Crippen MR) is 111 cm³/mol. The number of nitriles is 1. The average molecular weight is 391 g/mol. The zero-order valence-electron chi connectivity index (χ0n) is 16.6. The Balaban J connectivity index is 1.50. The molecule has 0 aliphatic heterocycles. The molecule has 150 valence electrons. The number of amides is 4. The molecule has 1 unspecified atom stereocenters. The molecule has 1 atom stereocenters. The average Bonchev–Trinajstić information content (AvgIpc) is 3.52. The highest BCUT2D eigenvalue weighted by Crippen LogP contribution is 2.20. The lowest BCUT2D eigenvalue weighted by Crippen LogP contribution is -2.38. The van der Waals surface area contributed by atoms with Gasteiger partial charge in [0.05, 0.1) is 17.7 Å². The summed E-state index contributed by atoms with van der Waals surface area (Å²) in [4.78, 5) is 25.9. The summed E-state index contributed by atoms with van der Waals surface area (Å²) in [6, 6.07) is 16.4. The number of benzene rings is 2. The number of rotatable bonds is 6. The van der Waals surface area contributed by atoms with E-state index in [4.69, 9.17) is 5.26 Å². The minimum Gasteiger partial charge on any atom is -0.335 e. The molecule has 7 nitrogen and oxygen atoms in total. The van der Waals surface area contributed by atoms with Gasteiger partial charge in [-0.2, -0.15) is 5.26 Å². The van der Waals surface area contributed by atoms with E-state index in [1.54, 1.807) is 24.1 Å². The van der Waals surface area contributed by atoms with Crippen molar-refractivity contribution in [3.05, 3.63) is 65.2 Å². The normalized spacial score (nSPS) is 13.7. The van der Waals surface area contributed by atoms with E-state index >= 15 is 0 Å². The van der Waals surface area contributed by atoms with Crippen LogP contribution >= 0.6 is 0 Å². The van der Waals surface area contributed by atoms with Gasteiger partial charge in [0.1, 0.15) is 0 Å². The largest absolute Gasteiger partial charge is 0.335 e. The van der Waals surface area contributed by atoms with Gasteiger partial charge in [-0.15, -0.1) is 0 Å². The number of nitrogens with one attached hydrogen (secondary N) is 3. The van der Waals surface area contributed by atoms with Crippen LogP contribution in [0.2, 0.25) is 0 Å². The lowest BCUT2D eigenvalue weighted by Gasteiger charge is -2.22. The van der Waals surface area contributed by atoms with Crippen LogP contribution in [0.25, 0.3) is 0 Å². The number of hydrogen-bond acceptors (Lipinski definition) is 3. The van der Waals surface area contributed by atoms with Crippen molar-refractivity contribution < 1.29 is 9.59 Å². The van der Waals surface area contributed by atoms with Crippen molar-refractivity contribution >= 4 is 17.7 Å². The second-order valence-electron chi connectivity index (χ2n) is 7.33. The molecule has 1 fully saturated rings. The van der Waals surface area contributed by atoms with Crippen LogP contribution in [0.3, 0.4) is 0 Å². The highest BCUT2D eigenvalue weighted by atomic mass is 16.2. The molecule has 29 heavy (non-hydrogen) atoms. The van der Waals surface area contributed by atoms with E-state index < -0.39 is 0 Å². The summed E-state index contributed by atoms with van der Waals surface area (Å²) >= 11 is 0. The number of urea groups is 2. The topological polar surface area (TPSA) is 97.3 Å². The maximum atomic E-state index is 12.5. The fourth-order valence-corrected chi connectivity index (χ4v) is 2.84. The van der Waals surface area contributed by atoms with E-state index in [0.29, 0.717) is 23.8 Å². The van der Waals surface area contributed by atoms with E-state index in [1.807, 2.05) is 43.3 Å². The summed E-state index contributed by atoms with van der Waals surface area (Å²) in [5.41, 5.74) is 3.20. The Morgan fingerprint density at radius 2 is 1.79 bits per heavy atom. The molecule has 1 saturated carbocycles. The predicted octanol–water partition coefficient (Wildman–Crippen LogP) is 3.74. The van der Waals surface area contributed by atoms with Crippen LogP contribution in [-0.4, -0.2) is 30.1 Å². The quantitative estimate of drug-likeness (QED) is 0.700. The monoisotopic (exact) mass is 391 g/mol. The second-order valence-corrected chi connectivity index (χ2v) is 7.33. The Hall–Kier alpha value is -3.53. The van der Waals surface area contributed by atoms with E-state index in [2.05, 4.69) is 22.0 Å². The van der Waals surface area contributed by atoms with E-state index in [0.717, 1.165) is 24.0 Å². The first-order chi connectivity index (χ1) is 13.9. The molecule has 1 aliphatic rings. The zero-order chi connectivity index (χ0) is 20.8. The highest BCUT2D eigenvalue weighted by Gasteiger charge is 2.23. The number of hydrogen-bond donors (Lipinski definition) is 3. The SMILES string of the molecule is CC(NC(=O)N(C)Cc1ccc(C#N)cc1)c1ccc(NC(=O)NC2CC2)cc1. The van der Waals surface area contributed by atoms with Gasteiger partial charge >= 0.3 is 12.1 Å². The molecule has 0 heterocycles. The minimum atomic E-state index is -0.189. The van der Waals surface area contributed by atoms with E-state index in [-0.39, 0.29) is 18.1 Å². The van der Waals surface area contributed by atoms with Gasteiger partial charge in [0, 0.05) is 25.3 Å². The maximum absolute atomic E-state index is 12.5. The summed E-state index contributed by atoms with van der Waals surface area (Å²) in [6.07, 6.45) is 2.09. The Bertz CT molecular complexity index is 898. The molecule has 0 saturated heterocycles. The van der Waals surface area contributed by atoms with Crippen molar-refractivity contribution in [2.75, 3.05) is 12.4 Å². The van der Waals surface area contributed by atoms with Gasteiger partial charge in [-0.25, -0.2) is 9.59 Å². The van der Waals surface area contributed by atoms with Gasteiger partial charge in [0.15, 0.2) is 0 Å². The standard InChI is InChI=1S/C22H25N5O2/c1-15(18-7-9-19(10-8-18)25-21(28)26-20-11-12-20)24-22(29)27(2)14-17-5-3-16(13-23)4-6-17/h3-10,15,20H,11-12,14H2,1-2H3,(H,24,29)(H2,25,26,28). The molecule has 0 aromatic heterocycles. The first-order valence-electron chi connectivity index (χ1n) is 9.63. The third-order valence-electron chi connectivity index (χ3n) is 4.77. The lowest BCUT2D eigenvalue weighted by molar-refractivity contribution is 0.203. The van der Waals surface area contributed by atoms with Gasteiger partial charge in [0.2, 0.25) is 0 Å². The Kier molecular flexibility index (Phi) is 6.35. The van der Waals surface area contributed by atoms with E-state index in [1.165, 1.54) is 0 Å². The summed E-state index contributed by atoms with van der Waals surface area (Å²) in [6.45, 7) is 2.36. The molecule has 7 heteroatoms. The summed E-state index contributed by atoms with van der Waals surface area (Å²) in [7, 11) is 1.73. The second kappa shape index (κ2) is 9.11. The van der Waals surface area contributed by atoms with Crippen molar-refractivity contribution in [2.24, 2.45) is 0 Å². The molecule has 0 spiro atoms. The van der Waals surface area contributed by atoms with E-state index in [9.17, 15) is 9.59 Å². The Morgan fingerprint density at radius 1 is 1.14 bits per heavy atom. The van der Waals surface area contributed by atoms with Gasteiger partial charge in [-0.1, -0.05) is 24.3 Å². The Morgan fingerprint density at radius 3 is 2.38 bits per heavy atom. The summed E-state index contributed by atoms with van der Waals surface area (Å²) < 4.78 is 0. The summed E-state index contributed by atoms with van der Waals surface area (Å²) in [5.74, 6) is 0. The highest BCUT2D eigenvalue weighted by molar-refractivity contribution is 5.89. The minimum absolute atomic E-state index is 0.180. The number of carbonyl (C=O) groups is 2. The molecule has 0 radical (unpaired) electrons. The van der Waals surface area contributed by atoms with Crippen LogP contribution < -0.4 is 16.0 Å².